The molecule has 0 aromatic heterocycles. The van der Waals surface area contributed by atoms with Gasteiger partial charge in [-0.2, -0.15) is 0 Å². The Hall–Kier alpha value is -3.39. The average molecular weight is 453 g/mol. The SMILES string of the molecule is CC(C)[C@H](NC(=O)C1(NC(=O)OCC2c3ccccc3-c3ccccc32)CCOC1)C(=O)O. The first-order chi connectivity index (χ1) is 15.8. The van der Waals surface area contributed by atoms with Gasteiger partial charge in [0, 0.05) is 18.9 Å². The number of rotatable bonds is 7. The molecule has 2 aromatic rings. The van der Waals surface area contributed by atoms with Crippen LogP contribution in [0.25, 0.3) is 11.1 Å². The average Bonchev–Trinajstić information content (AvgIpc) is 3.39. The molecule has 2 aliphatic rings. The van der Waals surface area contributed by atoms with Crippen molar-refractivity contribution in [2.45, 2.75) is 37.8 Å². The van der Waals surface area contributed by atoms with E-state index >= 15 is 0 Å². The topological polar surface area (TPSA) is 114 Å². The van der Waals surface area contributed by atoms with Crippen molar-refractivity contribution >= 4 is 18.0 Å². The van der Waals surface area contributed by atoms with Crippen LogP contribution in [0.4, 0.5) is 4.79 Å². The van der Waals surface area contributed by atoms with Crippen molar-refractivity contribution < 1.29 is 29.0 Å². The summed E-state index contributed by atoms with van der Waals surface area (Å²) in [6.45, 7) is 3.75. The molecule has 0 bridgehead atoms. The van der Waals surface area contributed by atoms with Crippen LogP contribution in [-0.4, -0.2) is 54.5 Å². The number of carbonyl (C=O) groups excluding carboxylic acids is 2. The molecule has 33 heavy (non-hydrogen) atoms. The molecule has 8 nitrogen and oxygen atoms in total. The minimum Gasteiger partial charge on any atom is -0.480 e. The number of alkyl carbamates (subject to hydrolysis) is 1. The highest BCUT2D eigenvalue weighted by Crippen LogP contribution is 2.44. The third-order valence-corrected chi connectivity index (χ3v) is 6.36. The van der Waals surface area contributed by atoms with E-state index in [1.165, 1.54) is 0 Å². The Morgan fingerprint density at radius 1 is 1.09 bits per heavy atom. The Kier molecular flexibility index (Phi) is 6.37. The third-order valence-electron chi connectivity index (χ3n) is 6.36. The van der Waals surface area contributed by atoms with E-state index in [9.17, 15) is 19.5 Å². The predicted molar refractivity (Wildman–Crippen MR) is 121 cm³/mol. The molecule has 1 fully saturated rings. The van der Waals surface area contributed by atoms with Crippen LogP contribution in [0.2, 0.25) is 0 Å². The van der Waals surface area contributed by atoms with E-state index in [4.69, 9.17) is 9.47 Å². The molecule has 4 rings (SSSR count). The summed E-state index contributed by atoms with van der Waals surface area (Å²) < 4.78 is 11.0. The molecule has 1 aliphatic carbocycles. The molecule has 174 valence electrons. The highest BCUT2D eigenvalue weighted by molar-refractivity contribution is 5.93. The van der Waals surface area contributed by atoms with Gasteiger partial charge in [-0.3, -0.25) is 4.79 Å². The maximum Gasteiger partial charge on any atom is 0.408 e. The maximum absolute atomic E-state index is 13.0. The lowest BCUT2D eigenvalue weighted by Crippen LogP contribution is -2.62. The molecule has 1 unspecified atom stereocenters. The standard InChI is InChI=1S/C25H28N2O6/c1-15(2)21(22(28)29)26-23(30)25(11-12-32-14-25)27-24(31)33-13-20-18-9-5-3-7-16(18)17-8-4-6-10-19(17)20/h3-10,15,20-21H,11-14H2,1-2H3,(H,26,30)(H,27,31)(H,28,29)/t21-,25?/m0/s1. The molecule has 1 heterocycles. The van der Waals surface area contributed by atoms with Crippen molar-refractivity contribution in [2.24, 2.45) is 5.92 Å². The molecule has 1 saturated heterocycles. The fourth-order valence-corrected chi connectivity index (χ4v) is 4.52. The number of ether oxygens (including phenoxy) is 2. The van der Waals surface area contributed by atoms with Gasteiger partial charge in [0.25, 0.3) is 0 Å². The van der Waals surface area contributed by atoms with Crippen LogP contribution in [0, 0.1) is 5.92 Å². The summed E-state index contributed by atoms with van der Waals surface area (Å²) in [5, 5.41) is 14.6. The zero-order chi connectivity index (χ0) is 23.6. The quantitative estimate of drug-likeness (QED) is 0.595. The second kappa shape index (κ2) is 9.23. The van der Waals surface area contributed by atoms with Crippen LogP contribution >= 0.6 is 0 Å². The van der Waals surface area contributed by atoms with Crippen LogP contribution in [-0.2, 0) is 19.1 Å². The van der Waals surface area contributed by atoms with Gasteiger partial charge in [-0.05, 0) is 28.2 Å². The molecular formula is C25H28N2O6. The summed E-state index contributed by atoms with van der Waals surface area (Å²) in [6.07, 6.45) is -0.512. The highest BCUT2D eigenvalue weighted by atomic mass is 16.6. The van der Waals surface area contributed by atoms with E-state index in [-0.39, 0.29) is 38.1 Å². The lowest BCUT2D eigenvalue weighted by Gasteiger charge is -2.29. The third kappa shape index (κ3) is 4.43. The fraction of sp³-hybridized carbons (Fsp3) is 0.400. The van der Waals surface area contributed by atoms with E-state index in [1.807, 2.05) is 36.4 Å². The lowest BCUT2D eigenvalue weighted by atomic mass is 9.95. The summed E-state index contributed by atoms with van der Waals surface area (Å²) in [5.74, 6) is -2.14. The van der Waals surface area contributed by atoms with E-state index in [1.54, 1.807) is 13.8 Å². The molecule has 3 N–H and O–H groups in total. The lowest BCUT2D eigenvalue weighted by molar-refractivity contribution is -0.144. The van der Waals surface area contributed by atoms with Gasteiger partial charge >= 0.3 is 12.1 Å². The van der Waals surface area contributed by atoms with Crippen LogP contribution in [0.15, 0.2) is 48.5 Å². The molecular weight excluding hydrogens is 424 g/mol. The molecule has 0 spiro atoms. The Morgan fingerprint density at radius 2 is 1.70 bits per heavy atom. The largest absolute Gasteiger partial charge is 0.480 e. The first kappa shape index (κ1) is 22.8. The number of hydrogen-bond acceptors (Lipinski definition) is 5. The molecule has 2 aromatic carbocycles. The maximum atomic E-state index is 13.0. The summed E-state index contributed by atoms with van der Waals surface area (Å²) >= 11 is 0. The predicted octanol–water partition coefficient (Wildman–Crippen LogP) is 2.91. The monoisotopic (exact) mass is 452 g/mol. The number of fused-ring (bicyclic) bond motifs is 3. The van der Waals surface area contributed by atoms with Gasteiger partial charge in [0.05, 0.1) is 6.61 Å². The van der Waals surface area contributed by atoms with E-state index in [0.717, 1.165) is 22.3 Å². The van der Waals surface area contributed by atoms with E-state index in [0.29, 0.717) is 0 Å². The zero-order valence-corrected chi connectivity index (χ0v) is 18.7. The smallest absolute Gasteiger partial charge is 0.408 e. The normalized spacial score (nSPS) is 20.1. The summed E-state index contributed by atoms with van der Waals surface area (Å²) in [5.41, 5.74) is 3.05. The Labute approximate surface area is 192 Å². The number of benzene rings is 2. The highest BCUT2D eigenvalue weighted by Gasteiger charge is 2.46. The van der Waals surface area contributed by atoms with Gasteiger partial charge in [-0.1, -0.05) is 62.4 Å². The van der Waals surface area contributed by atoms with Gasteiger partial charge in [-0.15, -0.1) is 0 Å². The van der Waals surface area contributed by atoms with Gasteiger partial charge in [0.2, 0.25) is 5.91 Å². The van der Waals surface area contributed by atoms with Gasteiger partial charge in [0.1, 0.15) is 18.2 Å². The van der Waals surface area contributed by atoms with Crippen molar-refractivity contribution in [3.05, 3.63) is 59.7 Å². The van der Waals surface area contributed by atoms with Gasteiger partial charge in [-0.25, -0.2) is 9.59 Å². The number of aliphatic carboxylic acids is 1. The van der Waals surface area contributed by atoms with Crippen LogP contribution in [0.3, 0.4) is 0 Å². The van der Waals surface area contributed by atoms with Gasteiger partial charge < -0.3 is 25.2 Å². The van der Waals surface area contributed by atoms with E-state index in [2.05, 4.69) is 22.8 Å². The number of carboxylic acid groups (broad SMARTS) is 1. The van der Waals surface area contributed by atoms with Crippen LogP contribution in [0.5, 0.6) is 0 Å². The van der Waals surface area contributed by atoms with Crippen molar-refractivity contribution in [2.75, 3.05) is 19.8 Å². The van der Waals surface area contributed by atoms with Crippen molar-refractivity contribution in [1.29, 1.82) is 0 Å². The summed E-state index contributed by atoms with van der Waals surface area (Å²) in [6, 6.07) is 15.0. The molecule has 2 amide bonds. The number of carboxylic acids is 1. The molecule has 0 radical (unpaired) electrons. The second-order valence-electron chi connectivity index (χ2n) is 8.87. The first-order valence-electron chi connectivity index (χ1n) is 11.1. The summed E-state index contributed by atoms with van der Waals surface area (Å²) in [4.78, 5) is 37.3. The van der Waals surface area contributed by atoms with Crippen molar-refractivity contribution in [3.8, 4) is 11.1 Å². The second-order valence-corrected chi connectivity index (χ2v) is 8.87. The van der Waals surface area contributed by atoms with Crippen LogP contribution < -0.4 is 10.6 Å². The number of carbonyl (C=O) groups is 3. The minimum atomic E-state index is -1.37. The molecule has 2 atom stereocenters. The van der Waals surface area contributed by atoms with Crippen LogP contribution in [0.1, 0.15) is 37.3 Å². The zero-order valence-electron chi connectivity index (χ0n) is 18.7. The Morgan fingerprint density at radius 3 is 2.21 bits per heavy atom. The first-order valence-corrected chi connectivity index (χ1v) is 11.1. The molecule has 0 saturated carbocycles. The minimum absolute atomic E-state index is 0.0482. The Balaban J connectivity index is 1.45. The van der Waals surface area contributed by atoms with Crippen molar-refractivity contribution in [1.82, 2.24) is 10.6 Å². The van der Waals surface area contributed by atoms with Crippen molar-refractivity contribution in [3.63, 3.8) is 0 Å². The number of hydrogen-bond donors (Lipinski definition) is 3. The number of nitrogens with one attached hydrogen (secondary N) is 2. The molecule has 1 aliphatic heterocycles. The fourth-order valence-electron chi connectivity index (χ4n) is 4.52. The number of amides is 2. The molecule has 8 heteroatoms. The Bertz CT molecular complexity index is 1010. The van der Waals surface area contributed by atoms with Gasteiger partial charge in [0.15, 0.2) is 0 Å². The van der Waals surface area contributed by atoms with E-state index < -0.39 is 29.6 Å². The summed E-state index contributed by atoms with van der Waals surface area (Å²) in [7, 11) is 0.